The Bertz CT molecular complexity index is 1200. The number of rotatable bonds is 6. The van der Waals surface area contributed by atoms with Crippen molar-refractivity contribution in [2.45, 2.75) is 45.1 Å². The van der Waals surface area contributed by atoms with E-state index in [-0.39, 0.29) is 12.6 Å². The number of para-hydroxylation sites is 3. The summed E-state index contributed by atoms with van der Waals surface area (Å²) in [6.07, 6.45) is 6.73. The second-order valence-corrected chi connectivity index (χ2v) is 10.1. The molecular weight excluding hydrogens is 412 g/mol. The van der Waals surface area contributed by atoms with Crippen molar-refractivity contribution >= 4 is 38.6 Å². The molecule has 0 radical (unpaired) electrons. The van der Waals surface area contributed by atoms with E-state index in [9.17, 15) is 13.2 Å². The van der Waals surface area contributed by atoms with Crippen LogP contribution < -0.4 is 9.62 Å². The normalized spacial score (nSPS) is 15.2. The van der Waals surface area contributed by atoms with Gasteiger partial charge in [0.15, 0.2) is 0 Å². The molecule has 0 saturated heterocycles. The van der Waals surface area contributed by atoms with Gasteiger partial charge >= 0.3 is 0 Å². The quantitative estimate of drug-likeness (QED) is 0.621. The monoisotopic (exact) mass is 440 g/mol. The molecule has 164 valence electrons. The fourth-order valence-corrected chi connectivity index (χ4v) is 5.27. The van der Waals surface area contributed by atoms with Gasteiger partial charge in [0, 0.05) is 6.04 Å². The molecule has 31 heavy (non-hydrogen) atoms. The van der Waals surface area contributed by atoms with E-state index in [0.29, 0.717) is 11.6 Å². The highest BCUT2D eigenvalue weighted by atomic mass is 32.2. The number of fused-ring (bicyclic) bond motifs is 1. The third-order valence-electron chi connectivity index (χ3n) is 5.86. The number of aryl methyl sites for hydroxylation is 1. The number of anilines is 2. The van der Waals surface area contributed by atoms with Gasteiger partial charge in [0.1, 0.15) is 6.54 Å². The summed E-state index contributed by atoms with van der Waals surface area (Å²) in [4.78, 5) is 17.6. The number of aromatic nitrogens is 2. The Morgan fingerprint density at radius 1 is 1.10 bits per heavy atom. The molecule has 1 saturated carbocycles. The minimum Gasteiger partial charge on any atom is -0.307 e. The Kier molecular flexibility index (Phi) is 6.00. The molecule has 1 aliphatic rings. The van der Waals surface area contributed by atoms with Crippen LogP contribution >= 0.6 is 0 Å². The summed E-state index contributed by atoms with van der Waals surface area (Å²) < 4.78 is 28.2. The molecule has 3 aromatic rings. The van der Waals surface area contributed by atoms with Crippen LogP contribution in [0.4, 0.5) is 11.6 Å². The molecule has 1 aliphatic carbocycles. The van der Waals surface area contributed by atoms with E-state index in [1.807, 2.05) is 43.3 Å². The van der Waals surface area contributed by atoms with Crippen molar-refractivity contribution in [3.05, 3.63) is 54.1 Å². The fraction of sp³-hybridized carbons (Fsp3) is 0.391. The third kappa shape index (κ3) is 4.58. The molecule has 0 unspecified atom stereocenters. The molecular formula is C23H28N4O3S. The summed E-state index contributed by atoms with van der Waals surface area (Å²) in [6.45, 7) is 1.52. The van der Waals surface area contributed by atoms with E-state index in [1.165, 1.54) is 6.42 Å². The van der Waals surface area contributed by atoms with Crippen molar-refractivity contribution in [3.8, 4) is 0 Å². The van der Waals surface area contributed by atoms with Gasteiger partial charge in [-0.1, -0.05) is 49.6 Å². The van der Waals surface area contributed by atoms with E-state index in [4.69, 9.17) is 0 Å². The molecule has 4 rings (SSSR count). The van der Waals surface area contributed by atoms with Crippen molar-refractivity contribution in [2.75, 3.05) is 22.4 Å². The van der Waals surface area contributed by atoms with Gasteiger partial charge in [0.2, 0.25) is 21.9 Å². The molecule has 1 fully saturated rings. The lowest BCUT2D eigenvalue weighted by molar-refractivity contribution is -0.114. The van der Waals surface area contributed by atoms with Gasteiger partial charge in [-0.25, -0.2) is 13.4 Å². The summed E-state index contributed by atoms with van der Waals surface area (Å²) in [7, 11) is -3.64. The van der Waals surface area contributed by atoms with Gasteiger partial charge in [-0.2, -0.15) is 0 Å². The molecule has 1 aromatic heterocycles. The number of carbonyl (C=O) groups is 1. The van der Waals surface area contributed by atoms with Crippen LogP contribution in [-0.2, 0) is 14.8 Å². The lowest BCUT2D eigenvalue weighted by atomic mass is 9.95. The number of hydrogen-bond donors (Lipinski definition) is 1. The highest BCUT2D eigenvalue weighted by Crippen LogP contribution is 2.34. The molecule has 2 aromatic carbocycles. The SMILES string of the molecule is Cc1ccccc1N(CC(=O)Nc1nc2ccccc2n1C1CCCCC1)S(C)(=O)=O. The van der Waals surface area contributed by atoms with Crippen molar-refractivity contribution in [1.29, 1.82) is 0 Å². The Labute approximate surface area is 183 Å². The second-order valence-electron chi connectivity index (χ2n) is 8.19. The van der Waals surface area contributed by atoms with Gasteiger partial charge in [0.25, 0.3) is 0 Å². The van der Waals surface area contributed by atoms with Crippen molar-refractivity contribution in [3.63, 3.8) is 0 Å². The number of hydrogen-bond acceptors (Lipinski definition) is 4. The van der Waals surface area contributed by atoms with Crippen molar-refractivity contribution in [1.82, 2.24) is 9.55 Å². The Balaban J connectivity index is 1.64. The molecule has 7 nitrogen and oxygen atoms in total. The Morgan fingerprint density at radius 3 is 2.48 bits per heavy atom. The lowest BCUT2D eigenvalue weighted by Crippen LogP contribution is -2.38. The van der Waals surface area contributed by atoms with Crippen LogP contribution in [-0.4, -0.2) is 36.7 Å². The van der Waals surface area contributed by atoms with Crippen LogP contribution in [0.25, 0.3) is 11.0 Å². The van der Waals surface area contributed by atoms with Crippen molar-refractivity contribution < 1.29 is 13.2 Å². The van der Waals surface area contributed by atoms with Gasteiger partial charge in [-0.3, -0.25) is 14.4 Å². The Hall–Kier alpha value is -2.87. The minimum absolute atomic E-state index is 0.277. The zero-order valence-corrected chi connectivity index (χ0v) is 18.7. The number of benzene rings is 2. The molecule has 1 amide bonds. The number of carbonyl (C=O) groups excluding carboxylic acids is 1. The number of nitrogens with zero attached hydrogens (tertiary/aromatic N) is 3. The summed E-state index contributed by atoms with van der Waals surface area (Å²) in [6, 6.07) is 15.3. The number of sulfonamides is 1. The van der Waals surface area contributed by atoms with Gasteiger partial charge in [0.05, 0.1) is 23.0 Å². The minimum atomic E-state index is -3.64. The smallest absolute Gasteiger partial charge is 0.247 e. The van der Waals surface area contributed by atoms with E-state index in [1.54, 1.807) is 12.1 Å². The number of imidazole rings is 1. The fourth-order valence-electron chi connectivity index (χ4n) is 4.36. The topological polar surface area (TPSA) is 84.3 Å². The predicted molar refractivity (Wildman–Crippen MR) is 124 cm³/mol. The summed E-state index contributed by atoms with van der Waals surface area (Å²) in [5.41, 5.74) is 3.10. The standard InChI is InChI=1S/C23H28N4O3S/c1-17-10-6-8-14-20(17)26(31(2,29)30)16-22(28)25-23-24-19-13-7-9-15-21(19)27(23)18-11-4-3-5-12-18/h6-10,13-15,18H,3-5,11-12,16H2,1-2H3,(H,24,25,28). The van der Waals surface area contributed by atoms with Gasteiger partial charge in [-0.05, 0) is 43.5 Å². The average Bonchev–Trinajstić information content (AvgIpc) is 3.10. The zero-order valence-electron chi connectivity index (χ0n) is 17.9. The van der Waals surface area contributed by atoms with E-state index < -0.39 is 15.9 Å². The molecule has 1 N–H and O–H groups in total. The largest absolute Gasteiger partial charge is 0.307 e. The van der Waals surface area contributed by atoms with E-state index in [2.05, 4.69) is 14.9 Å². The van der Waals surface area contributed by atoms with Crippen LogP contribution in [0.3, 0.4) is 0 Å². The molecule has 0 aliphatic heterocycles. The molecule has 0 bridgehead atoms. The molecule has 0 atom stereocenters. The lowest BCUT2D eigenvalue weighted by Gasteiger charge is -2.26. The first-order chi connectivity index (χ1) is 14.8. The highest BCUT2D eigenvalue weighted by Gasteiger charge is 2.25. The van der Waals surface area contributed by atoms with Crippen LogP contribution in [0.5, 0.6) is 0 Å². The number of amides is 1. The Morgan fingerprint density at radius 2 is 1.77 bits per heavy atom. The highest BCUT2D eigenvalue weighted by molar-refractivity contribution is 7.92. The maximum absolute atomic E-state index is 13.0. The summed E-state index contributed by atoms with van der Waals surface area (Å²) in [5.74, 6) is 0.0670. The summed E-state index contributed by atoms with van der Waals surface area (Å²) >= 11 is 0. The second kappa shape index (κ2) is 8.70. The van der Waals surface area contributed by atoms with Crippen LogP contribution in [0.2, 0.25) is 0 Å². The third-order valence-corrected chi connectivity index (χ3v) is 6.99. The van der Waals surface area contributed by atoms with E-state index >= 15 is 0 Å². The first-order valence-electron chi connectivity index (χ1n) is 10.6. The van der Waals surface area contributed by atoms with Crippen LogP contribution in [0.15, 0.2) is 48.5 Å². The molecule has 1 heterocycles. The zero-order chi connectivity index (χ0) is 22.0. The van der Waals surface area contributed by atoms with E-state index in [0.717, 1.165) is 52.8 Å². The van der Waals surface area contributed by atoms with Crippen LogP contribution in [0.1, 0.15) is 43.7 Å². The molecule has 0 spiro atoms. The van der Waals surface area contributed by atoms with Gasteiger partial charge < -0.3 is 4.57 Å². The number of nitrogens with one attached hydrogen (secondary N) is 1. The summed E-state index contributed by atoms with van der Waals surface area (Å²) in [5, 5.41) is 2.90. The maximum atomic E-state index is 13.0. The first kappa shape index (κ1) is 21.4. The van der Waals surface area contributed by atoms with Gasteiger partial charge in [-0.15, -0.1) is 0 Å². The maximum Gasteiger partial charge on any atom is 0.247 e. The molecule has 8 heteroatoms. The first-order valence-corrected chi connectivity index (χ1v) is 12.5. The van der Waals surface area contributed by atoms with Crippen molar-refractivity contribution in [2.24, 2.45) is 0 Å². The average molecular weight is 441 g/mol. The predicted octanol–water partition coefficient (Wildman–Crippen LogP) is 4.25. The van der Waals surface area contributed by atoms with Crippen LogP contribution in [0, 0.1) is 6.92 Å².